The Labute approximate surface area is 108 Å². The van der Waals surface area contributed by atoms with E-state index in [1.165, 1.54) is 35.3 Å². The summed E-state index contributed by atoms with van der Waals surface area (Å²) in [5.41, 5.74) is 12.0. The SMILES string of the molecule is Cc1cc(N)cc(N2CCCc3ccccc32)c1. The average molecular weight is 238 g/mol. The third kappa shape index (κ3) is 1.94. The lowest BCUT2D eigenvalue weighted by Crippen LogP contribution is -2.24. The van der Waals surface area contributed by atoms with Crippen molar-refractivity contribution in [3.05, 3.63) is 53.6 Å². The van der Waals surface area contributed by atoms with Gasteiger partial charge in [-0.05, 0) is 55.2 Å². The van der Waals surface area contributed by atoms with E-state index in [1.807, 2.05) is 6.07 Å². The van der Waals surface area contributed by atoms with Gasteiger partial charge in [0.25, 0.3) is 0 Å². The molecule has 0 radical (unpaired) electrons. The molecule has 18 heavy (non-hydrogen) atoms. The van der Waals surface area contributed by atoms with Crippen LogP contribution in [0, 0.1) is 6.92 Å². The van der Waals surface area contributed by atoms with Crippen LogP contribution in [0.3, 0.4) is 0 Å². The number of nitrogen functional groups attached to an aromatic ring is 1. The van der Waals surface area contributed by atoms with Crippen LogP contribution >= 0.6 is 0 Å². The summed E-state index contributed by atoms with van der Waals surface area (Å²) in [5, 5.41) is 0. The second kappa shape index (κ2) is 4.37. The molecule has 0 fully saturated rings. The summed E-state index contributed by atoms with van der Waals surface area (Å²) in [6.45, 7) is 3.16. The van der Waals surface area contributed by atoms with Gasteiger partial charge in [0.1, 0.15) is 0 Å². The molecule has 0 aromatic heterocycles. The van der Waals surface area contributed by atoms with Gasteiger partial charge in [-0.2, -0.15) is 0 Å². The van der Waals surface area contributed by atoms with Gasteiger partial charge in [0.15, 0.2) is 0 Å². The number of para-hydroxylation sites is 1. The first-order valence-electron chi connectivity index (χ1n) is 6.47. The lowest BCUT2D eigenvalue weighted by Gasteiger charge is -2.31. The highest BCUT2D eigenvalue weighted by Crippen LogP contribution is 2.34. The monoisotopic (exact) mass is 238 g/mol. The van der Waals surface area contributed by atoms with E-state index in [1.54, 1.807) is 0 Å². The fourth-order valence-corrected chi connectivity index (χ4v) is 2.75. The zero-order valence-corrected chi connectivity index (χ0v) is 10.7. The Morgan fingerprint density at radius 3 is 2.78 bits per heavy atom. The Bertz CT molecular complexity index is 555. The summed E-state index contributed by atoms with van der Waals surface area (Å²) in [6, 6.07) is 14.9. The molecule has 0 saturated carbocycles. The lowest BCUT2D eigenvalue weighted by atomic mass is 10.0. The minimum atomic E-state index is 0.841. The van der Waals surface area contributed by atoms with Gasteiger partial charge in [-0.3, -0.25) is 0 Å². The zero-order valence-electron chi connectivity index (χ0n) is 10.7. The molecule has 1 aliphatic rings. The second-order valence-electron chi connectivity index (χ2n) is 4.99. The maximum Gasteiger partial charge on any atom is 0.0443 e. The van der Waals surface area contributed by atoms with Crippen molar-refractivity contribution in [2.45, 2.75) is 19.8 Å². The summed E-state index contributed by atoms with van der Waals surface area (Å²) in [5.74, 6) is 0. The van der Waals surface area contributed by atoms with Crippen molar-refractivity contribution in [1.29, 1.82) is 0 Å². The van der Waals surface area contributed by atoms with Crippen LogP contribution in [0.25, 0.3) is 0 Å². The number of hydrogen-bond donors (Lipinski definition) is 1. The van der Waals surface area contributed by atoms with Crippen molar-refractivity contribution in [2.75, 3.05) is 17.2 Å². The first-order chi connectivity index (χ1) is 8.74. The van der Waals surface area contributed by atoms with Crippen LogP contribution in [0.2, 0.25) is 0 Å². The fraction of sp³-hybridized carbons (Fsp3) is 0.250. The van der Waals surface area contributed by atoms with Crippen molar-refractivity contribution >= 4 is 17.1 Å². The smallest absolute Gasteiger partial charge is 0.0443 e. The summed E-state index contributed by atoms with van der Waals surface area (Å²) in [4.78, 5) is 2.38. The largest absolute Gasteiger partial charge is 0.399 e. The molecule has 2 heteroatoms. The minimum Gasteiger partial charge on any atom is -0.399 e. The molecule has 1 heterocycles. The number of fused-ring (bicyclic) bond motifs is 1. The highest BCUT2D eigenvalue weighted by molar-refractivity contribution is 5.70. The number of nitrogens with zero attached hydrogens (tertiary/aromatic N) is 1. The molecule has 2 aromatic carbocycles. The number of aryl methyl sites for hydroxylation is 2. The third-order valence-electron chi connectivity index (χ3n) is 3.51. The van der Waals surface area contributed by atoms with Gasteiger partial charge in [-0.1, -0.05) is 18.2 Å². The van der Waals surface area contributed by atoms with E-state index in [9.17, 15) is 0 Å². The van der Waals surface area contributed by atoms with Gasteiger partial charge >= 0.3 is 0 Å². The van der Waals surface area contributed by atoms with Gasteiger partial charge in [-0.25, -0.2) is 0 Å². The summed E-state index contributed by atoms with van der Waals surface area (Å²) in [6.07, 6.45) is 2.37. The molecule has 2 N–H and O–H groups in total. The van der Waals surface area contributed by atoms with Crippen LogP contribution in [0.1, 0.15) is 17.5 Å². The molecular formula is C16H18N2. The third-order valence-corrected chi connectivity index (χ3v) is 3.51. The average Bonchev–Trinajstić information content (AvgIpc) is 2.37. The van der Waals surface area contributed by atoms with Crippen molar-refractivity contribution in [2.24, 2.45) is 0 Å². The first-order valence-corrected chi connectivity index (χ1v) is 6.47. The van der Waals surface area contributed by atoms with E-state index >= 15 is 0 Å². The predicted octanol–water partition coefficient (Wildman–Crippen LogP) is 3.66. The maximum absolute atomic E-state index is 5.96. The molecule has 0 spiro atoms. The number of rotatable bonds is 1. The Morgan fingerprint density at radius 1 is 1.11 bits per heavy atom. The summed E-state index contributed by atoms with van der Waals surface area (Å²) < 4.78 is 0. The minimum absolute atomic E-state index is 0.841. The Morgan fingerprint density at radius 2 is 1.94 bits per heavy atom. The van der Waals surface area contributed by atoms with Crippen molar-refractivity contribution in [3.63, 3.8) is 0 Å². The molecule has 0 unspecified atom stereocenters. The quantitative estimate of drug-likeness (QED) is 0.768. The van der Waals surface area contributed by atoms with Crippen LogP contribution in [-0.4, -0.2) is 6.54 Å². The standard InChI is InChI=1S/C16H18N2/c1-12-9-14(17)11-15(10-12)18-8-4-6-13-5-2-3-7-16(13)18/h2-3,5,7,9-11H,4,6,8,17H2,1H3. The topological polar surface area (TPSA) is 29.3 Å². The molecular weight excluding hydrogens is 220 g/mol. The molecule has 2 aromatic rings. The highest BCUT2D eigenvalue weighted by atomic mass is 15.1. The van der Waals surface area contributed by atoms with E-state index in [2.05, 4.69) is 48.2 Å². The Balaban J connectivity index is 2.08. The van der Waals surface area contributed by atoms with Crippen LogP contribution < -0.4 is 10.6 Å². The number of nitrogens with two attached hydrogens (primary N) is 1. The van der Waals surface area contributed by atoms with Crippen molar-refractivity contribution in [3.8, 4) is 0 Å². The van der Waals surface area contributed by atoms with Crippen LogP contribution in [0.4, 0.5) is 17.1 Å². The molecule has 1 aliphatic heterocycles. The van der Waals surface area contributed by atoms with Gasteiger partial charge in [0.2, 0.25) is 0 Å². The van der Waals surface area contributed by atoms with Crippen LogP contribution in [-0.2, 0) is 6.42 Å². The van der Waals surface area contributed by atoms with E-state index in [0.29, 0.717) is 0 Å². The van der Waals surface area contributed by atoms with Crippen molar-refractivity contribution < 1.29 is 0 Å². The van der Waals surface area contributed by atoms with E-state index < -0.39 is 0 Å². The Kier molecular flexibility index (Phi) is 2.71. The van der Waals surface area contributed by atoms with E-state index in [0.717, 1.165) is 12.2 Å². The second-order valence-corrected chi connectivity index (χ2v) is 4.99. The number of benzene rings is 2. The molecule has 0 saturated heterocycles. The van der Waals surface area contributed by atoms with E-state index in [4.69, 9.17) is 5.73 Å². The van der Waals surface area contributed by atoms with Gasteiger partial charge in [0.05, 0.1) is 0 Å². The van der Waals surface area contributed by atoms with Gasteiger partial charge in [0, 0.05) is 23.6 Å². The highest BCUT2D eigenvalue weighted by Gasteiger charge is 2.17. The molecule has 2 nitrogen and oxygen atoms in total. The van der Waals surface area contributed by atoms with Crippen LogP contribution in [0.15, 0.2) is 42.5 Å². The summed E-state index contributed by atoms with van der Waals surface area (Å²) >= 11 is 0. The first kappa shape index (κ1) is 11.1. The lowest BCUT2D eigenvalue weighted by molar-refractivity contribution is 0.767. The van der Waals surface area contributed by atoms with Gasteiger partial charge in [-0.15, -0.1) is 0 Å². The number of anilines is 3. The zero-order chi connectivity index (χ0) is 12.5. The maximum atomic E-state index is 5.96. The normalized spacial score (nSPS) is 14.4. The molecule has 0 amide bonds. The molecule has 0 bridgehead atoms. The predicted molar refractivity (Wildman–Crippen MR) is 77.4 cm³/mol. The molecule has 92 valence electrons. The summed E-state index contributed by atoms with van der Waals surface area (Å²) in [7, 11) is 0. The number of hydrogen-bond acceptors (Lipinski definition) is 2. The molecule has 3 rings (SSSR count). The Hall–Kier alpha value is -1.96. The van der Waals surface area contributed by atoms with Gasteiger partial charge < -0.3 is 10.6 Å². The molecule has 0 aliphatic carbocycles. The van der Waals surface area contributed by atoms with Crippen molar-refractivity contribution in [1.82, 2.24) is 0 Å². The van der Waals surface area contributed by atoms with Crippen LogP contribution in [0.5, 0.6) is 0 Å². The molecule has 0 atom stereocenters. The van der Waals surface area contributed by atoms with E-state index in [-0.39, 0.29) is 0 Å². The fourth-order valence-electron chi connectivity index (χ4n) is 2.75.